The van der Waals surface area contributed by atoms with E-state index in [1.165, 1.54) is 39.2 Å². The number of amides is 1. The number of H-pyrrole nitrogens is 1. The number of aryl methyl sites for hydroxylation is 2. The highest BCUT2D eigenvalue weighted by atomic mass is 32.2. The predicted octanol–water partition coefficient (Wildman–Crippen LogP) is 1.91. The fourth-order valence-electron chi connectivity index (χ4n) is 4.84. The fraction of sp³-hybridized carbons (Fsp3) is 0.727. The molecule has 1 N–H and O–H groups in total. The zero-order valence-corrected chi connectivity index (χ0v) is 20.5. The minimum atomic E-state index is -4.06. The number of nitrogens with one attached hydrogen (secondary N) is 1. The number of piperazine rings is 1. The van der Waals surface area contributed by atoms with Crippen molar-refractivity contribution in [3.8, 4) is 0 Å². The molecule has 1 saturated carbocycles. The molecule has 9 nitrogen and oxygen atoms in total. The zero-order valence-electron chi connectivity index (χ0n) is 19.6. The molecule has 32 heavy (non-hydrogen) atoms. The van der Waals surface area contributed by atoms with Crippen molar-refractivity contribution in [1.29, 1.82) is 0 Å². The molecular weight excluding hydrogens is 432 g/mol. The third-order valence-electron chi connectivity index (χ3n) is 6.58. The number of likely N-dealkylation sites (N-methyl/N-ethyl adjacent to an activating group) is 1. The Morgan fingerprint density at radius 1 is 1.06 bits per heavy atom. The molecule has 1 aromatic heterocycles. The molecule has 1 saturated heterocycles. The van der Waals surface area contributed by atoms with Gasteiger partial charge in [-0.25, -0.2) is 13.2 Å². The van der Waals surface area contributed by atoms with Crippen LogP contribution in [-0.2, 0) is 19.6 Å². The number of hydrogen-bond acceptors (Lipinski definition) is 6. The lowest BCUT2D eigenvalue weighted by atomic mass is 9.94. The first-order chi connectivity index (χ1) is 15.2. The number of aromatic amines is 1. The molecule has 3 rings (SSSR count). The van der Waals surface area contributed by atoms with E-state index in [1.807, 2.05) is 0 Å². The molecule has 0 bridgehead atoms. The van der Waals surface area contributed by atoms with Crippen molar-refractivity contribution in [2.75, 3.05) is 46.4 Å². The fourth-order valence-corrected chi connectivity index (χ4v) is 6.37. The molecule has 0 radical (unpaired) electrons. The maximum absolute atomic E-state index is 13.3. The molecule has 180 valence electrons. The number of carbonyl (C=O) groups is 2. The van der Waals surface area contributed by atoms with Crippen LogP contribution in [0.3, 0.4) is 0 Å². The molecule has 1 amide bonds. The Hall–Kier alpha value is -1.91. The number of carbonyl (C=O) groups excluding carboxylic acids is 2. The van der Waals surface area contributed by atoms with E-state index in [2.05, 4.69) is 9.88 Å². The summed E-state index contributed by atoms with van der Waals surface area (Å²) in [5, 5.41) is 0. The monoisotopic (exact) mass is 468 g/mol. The van der Waals surface area contributed by atoms with Crippen LogP contribution in [0.4, 0.5) is 0 Å². The Morgan fingerprint density at radius 3 is 2.28 bits per heavy atom. The standard InChI is InChI=1S/C22H36N4O5S/c1-5-31-22(28)20-16(2)23-17(3)21(20)32(29,30)24(4)15-19(27)26-13-11-25(12-14-26)18-9-7-6-8-10-18/h18,23H,5-15H2,1-4H3. The third kappa shape index (κ3) is 5.18. The SMILES string of the molecule is CCOC(=O)c1c(C)[nH]c(C)c1S(=O)(=O)N(C)CC(=O)N1CCN(C2CCCCC2)CC1. The highest BCUT2D eigenvalue weighted by Crippen LogP contribution is 2.27. The van der Waals surface area contributed by atoms with Gasteiger partial charge in [-0.05, 0) is 33.6 Å². The number of hydrogen-bond donors (Lipinski definition) is 1. The quantitative estimate of drug-likeness (QED) is 0.613. The lowest BCUT2D eigenvalue weighted by Crippen LogP contribution is -2.54. The normalized spacial score (nSPS) is 18.8. The number of aromatic nitrogens is 1. The van der Waals surface area contributed by atoms with Gasteiger partial charge in [0.25, 0.3) is 0 Å². The number of esters is 1. The molecule has 0 spiro atoms. The average Bonchev–Trinajstić information content (AvgIpc) is 3.09. The smallest absolute Gasteiger partial charge is 0.341 e. The zero-order chi connectivity index (χ0) is 23.5. The molecular formula is C22H36N4O5S. The summed E-state index contributed by atoms with van der Waals surface area (Å²) in [5.74, 6) is -0.909. The van der Waals surface area contributed by atoms with E-state index in [1.54, 1.807) is 25.7 Å². The molecule has 2 heterocycles. The van der Waals surface area contributed by atoms with Gasteiger partial charge in [-0.2, -0.15) is 4.31 Å². The van der Waals surface area contributed by atoms with Gasteiger partial charge >= 0.3 is 5.97 Å². The van der Waals surface area contributed by atoms with Gasteiger partial charge in [0.1, 0.15) is 10.5 Å². The van der Waals surface area contributed by atoms with Crippen LogP contribution in [0.2, 0.25) is 0 Å². The van der Waals surface area contributed by atoms with Gasteiger partial charge in [0, 0.05) is 50.7 Å². The molecule has 1 aromatic rings. The molecule has 2 aliphatic rings. The van der Waals surface area contributed by atoms with E-state index < -0.39 is 16.0 Å². The van der Waals surface area contributed by atoms with E-state index in [4.69, 9.17) is 4.74 Å². The van der Waals surface area contributed by atoms with E-state index >= 15 is 0 Å². The number of rotatable bonds is 7. The van der Waals surface area contributed by atoms with Crippen LogP contribution in [0.25, 0.3) is 0 Å². The topological polar surface area (TPSA) is 103 Å². The lowest BCUT2D eigenvalue weighted by molar-refractivity contribution is -0.133. The van der Waals surface area contributed by atoms with Gasteiger partial charge in [0.15, 0.2) is 0 Å². The van der Waals surface area contributed by atoms with Crippen molar-refractivity contribution in [1.82, 2.24) is 19.1 Å². The van der Waals surface area contributed by atoms with Crippen LogP contribution in [-0.4, -0.2) is 91.8 Å². The van der Waals surface area contributed by atoms with E-state index in [0.717, 1.165) is 17.4 Å². The number of nitrogens with zero attached hydrogens (tertiary/aromatic N) is 3. The second-order valence-electron chi connectivity index (χ2n) is 8.77. The first-order valence-corrected chi connectivity index (χ1v) is 12.9. The Morgan fingerprint density at radius 2 is 1.69 bits per heavy atom. The van der Waals surface area contributed by atoms with Crippen molar-refractivity contribution in [2.45, 2.75) is 63.8 Å². The predicted molar refractivity (Wildman–Crippen MR) is 121 cm³/mol. The van der Waals surface area contributed by atoms with Crippen LogP contribution >= 0.6 is 0 Å². The second-order valence-corrected chi connectivity index (χ2v) is 10.8. The summed E-state index contributed by atoms with van der Waals surface area (Å²) in [6.45, 7) is 7.66. The molecule has 1 aliphatic carbocycles. The van der Waals surface area contributed by atoms with E-state index in [-0.39, 0.29) is 29.5 Å². The van der Waals surface area contributed by atoms with Crippen LogP contribution in [0.15, 0.2) is 4.90 Å². The Labute approximate surface area is 191 Å². The van der Waals surface area contributed by atoms with Gasteiger partial charge in [-0.15, -0.1) is 0 Å². The van der Waals surface area contributed by atoms with Gasteiger partial charge in [-0.3, -0.25) is 9.69 Å². The van der Waals surface area contributed by atoms with Crippen molar-refractivity contribution >= 4 is 21.9 Å². The van der Waals surface area contributed by atoms with Crippen LogP contribution in [0.1, 0.15) is 60.8 Å². The first kappa shape index (κ1) is 24.7. The summed E-state index contributed by atoms with van der Waals surface area (Å²) in [7, 11) is -2.68. The van der Waals surface area contributed by atoms with Gasteiger partial charge in [0.05, 0.1) is 13.2 Å². The summed E-state index contributed by atoms with van der Waals surface area (Å²) in [6, 6.07) is 0.616. The molecule has 1 aliphatic heterocycles. The molecule has 0 atom stereocenters. The van der Waals surface area contributed by atoms with Crippen molar-refractivity contribution in [3.63, 3.8) is 0 Å². The average molecular weight is 469 g/mol. The number of sulfonamides is 1. The van der Waals surface area contributed by atoms with Crippen LogP contribution < -0.4 is 0 Å². The summed E-state index contributed by atoms with van der Waals surface area (Å²) >= 11 is 0. The maximum Gasteiger partial charge on any atom is 0.341 e. The van der Waals surface area contributed by atoms with Crippen molar-refractivity contribution in [2.24, 2.45) is 0 Å². The number of ether oxygens (including phenoxy) is 1. The summed E-state index contributed by atoms with van der Waals surface area (Å²) in [5.41, 5.74) is 0.786. The molecule has 0 unspecified atom stereocenters. The Bertz CT molecular complexity index is 928. The van der Waals surface area contributed by atoms with Crippen LogP contribution in [0.5, 0.6) is 0 Å². The van der Waals surface area contributed by atoms with Gasteiger partial charge in [-0.1, -0.05) is 19.3 Å². The van der Waals surface area contributed by atoms with Gasteiger partial charge in [0.2, 0.25) is 15.9 Å². The minimum Gasteiger partial charge on any atom is -0.462 e. The van der Waals surface area contributed by atoms with Crippen molar-refractivity contribution < 1.29 is 22.7 Å². The third-order valence-corrected chi connectivity index (χ3v) is 8.56. The Balaban J connectivity index is 1.66. The summed E-state index contributed by atoms with van der Waals surface area (Å²) < 4.78 is 32.7. The van der Waals surface area contributed by atoms with E-state index in [0.29, 0.717) is 30.5 Å². The Kier molecular flexibility index (Phi) is 8.00. The summed E-state index contributed by atoms with van der Waals surface area (Å²) in [6.07, 6.45) is 6.32. The molecule has 0 aromatic carbocycles. The highest BCUT2D eigenvalue weighted by Gasteiger charge is 2.35. The largest absolute Gasteiger partial charge is 0.462 e. The van der Waals surface area contributed by atoms with Gasteiger partial charge < -0.3 is 14.6 Å². The molecule has 10 heteroatoms. The summed E-state index contributed by atoms with van der Waals surface area (Å²) in [4.78, 5) is 32.3. The minimum absolute atomic E-state index is 0.00439. The van der Waals surface area contributed by atoms with Crippen molar-refractivity contribution in [3.05, 3.63) is 17.0 Å². The molecule has 2 fully saturated rings. The first-order valence-electron chi connectivity index (χ1n) is 11.5. The lowest BCUT2D eigenvalue weighted by Gasteiger charge is -2.41. The van der Waals surface area contributed by atoms with E-state index in [9.17, 15) is 18.0 Å². The highest BCUT2D eigenvalue weighted by molar-refractivity contribution is 7.89. The van der Waals surface area contributed by atoms with Crippen LogP contribution in [0, 0.1) is 13.8 Å². The second kappa shape index (κ2) is 10.4. The maximum atomic E-state index is 13.3.